The first kappa shape index (κ1) is 13.8. The maximum absolute atomic E-state index is 12.1. The van der Waals surface area contributed by atoms with Gasteiger partial charge in [-0.2, -0.15) is 0 Å². The van der Waals surface area contributed by atoms with Crippen LogP contribution in [0, 0.1) is 19.8 Å². The fourth-order valence-corrected chi connectivity index (χ4v) is 2.65. The summed E-state index contributed by atoms with van der Waals surface area (Å²) in [6, 6.07) is 2.22. The van der Waals surface area contributed by atoms with Crippen LogP contribution < -0.4 is 10.9 Å². The Kier molecular flexibility index (Phi) is 3.48. The zero-order valence-corrected chi connectivity index (χ0v) is 12.2. The number of aromatic nitrogens is 2. The number of likely N-dealkylation sites (tertiary alicyclic amines) is 1. The highest BCUT2D eigenvalue weighted by atomic mass is 16.2. The molecule has 1 saturated carbocycles. The van der Waals surface area contributed by atoms with E-state index >= 15 is 0 Å². The van der Waals surface area contributed by atoms with Gasteiger partial charge in [-0.05, 0) is 32.8 Å². The lowest BCUT2D eigenvalue weighted by atomic mass is 10.1. The molecule has 1 aliphatic heterocycles. The van der Waals surface area contributed by atoms with Gasteiger partial charge in [-0.1, -0.05) is 0 Å². The third-order valence-corrected chi connectivity index (χ3v) is 3.80. The van der Waals surface area contributed by atoms with Gasteiger partial charge in [0.05, 0.1) is 5.92 Å². The van der Waals surface area contributed by atoms with Gasteiger partial charge in [-0.25, -0.2) is 9.97 Å². The zero-order valence-electron chi connectivity index (χ0n) is 12.2. The van der Waals surface area contributed by atoms with E-state index in [0.717, 1.165) is 24.2 Å². The molecule has 112 valence electrons. The van der Waals surface area contributed by atoms with Crippen molar-refractivity contribution < 1.29 is 9.59 Å². The van der Waals surface area contributed by atoms with E-state index in [0.29, 0.717) is 18.5 Å². The SMILES string of the molecule is Cc1cc(C)nc(NNC(=O)C2CC(=O)N(C3CC3)C2)n1. The summed E-state index contributed by atoms with van der Waals surface area (Å²) in [6.45, 7) is 4.25. The van der Waals surface area contributed by atoms with E-state index in [-0.39, 0.29) is 24.2 Å². The molecule has 2 aliphatic rings. The third kappa shape index (κ3) is 3.12. The van der Waals surface area contributed by atoms with Crippen LogP contribution in [0.3, 0.4) is 0 Å². The lowest BCUT2D eigenvalue weighted by Crippen LogP contribution is -2.37. The van der Waals surface area contributed by atoms with Gasteiger partial charge in [0.2, 0.25) is 17.8 Å². The predicted octanol–water partition coefficient (Wildman–Crippen LogP) is 0.547. The van der Waals surface area contributed by atoms with Crippen LogP contribution in [0.2, 0.25) is 0 Å². The monoisotopic (exact) mass is 289 g/mol. The van der Waals surface area contributed by atoms with Gasteiger partial charge in [-0.15, -0.1) is 0 Å². The van der Waals surface area contributed by atoms with E-state index in [4.69, 9.17) is 0 Å². The highest BCUT2D eigenvalue weighted by Crippen LogP contribution is 2.32. The lowest BCUT2D eigenvalue weighted by Gasteiger charge is -2.15. The molecule has 0 spiro atoms. The summed E-state index contributed by atoms with van der Waals surface area (Å²) in [4.78, 5) is 34.2. The van der Waals surface area contributed by atoms with Crippen molar-refractivity contribution in [3.8, 4) is 0 Å². The first-order chi connectivity index (χ1) is 10.0. The van der Waals surface area contributed by atoms with Gasteiger partial charge in [0.25, 0.3) is 0 Å². The van der Waals surface area contributed by atoms with Crippen molar-refractivity contribution in [1.29, 1.82) is 0 Å². The number of hydrazine groups is 1. The standard InChI is InChI=1S/C14H19N5O2/c1-8-5-9(2)16-14(15-8)18-17-13(21)10-6-12(20)19(7-10)11-3-4-11/h5,10-11H,3-4,6-7H2,1-2H3,(H,17,21)(H,15,16,18). The molecule has 7 heteroatoms. The van der Waals surface area contributed by atoms with Crippen LogP contribution >= 0.6 is 0 Å². The average Bonchev–Trinajstić information content (AvgIpc) is 3.18. The van der Waals surface area contributed by atoms with Gasteiger partial charge in [-0.3, -0.25) is 20.4 Å². The molecule has 1 saturated heterocycles. The summed E-state index contributed by atoms with van der Waals surface area (Å²) in [6.07, 6.45) is 2.42. The van der Waals surface area contributed by atoms with Crippen molar-refractivity contribution in [3.05, 3.63) is 17.5 Å². The topological polar surface area (TPSA) is 87.2 Å². The number of nitrogens with zero attached hydrogens (tertiary/aromatic N) is 3. The zero-order chi connectivity index (χ0) is 15.0. The summed E-state index contributed by atoms with van der Waals surface area (Å²) < 4.78 is 0. The van der Waals surface area contributed by atoms with Crippen molar-refractivity contribution in [1.82, 2.24) is 20.3 Å². The number of hydrogen-bond donors (Lipinski definition) is 2. The van der Waals surface area contributed by atoms with Crippen molar-refractivity contribution >= 4 is 17.8 Å². The second-order valence-corrected chi connectivity index (χ2v) is 5.77. The molecule has 7 nitrogen and oxygen atoms in total. The highest BCUT2D eigenvalue weighted by molar-refractivity contribution is 5.89. The molecule has 1 atom stereocenters. The number of carbonyl (C=O) groups is 2. The Morgan fingerprint density at radius 3 is 2.57 bits per heavy atom. The Balaban J connectivity index is 1.55. The molecular formula is C14H19N5O2. The van der Waals surface area contributed by atoms with Crippen LogP contribution in [-0.2, 0) is 9.59 Å². The quantitative estimate of drug-likeness (QED) is 0.790. The summed E-state index contributed by atoms with van der Waals surface area (Å²) in [5.41, 5.74) is 6.99. The third-order valence-electron chi connectivity index (χ3n) is 3.80. The largest absolute Gasteiger partial charge is 0.339 e. The van der Waals surface area contributed by atoms with Crippen molar-refractivity contribution in [2.75, 3.05) is 12.0 Å². The van der Waals surface area contributed by atoms with E-state index in [1.165, 1.54) is 0 Å². The molecule has 3 rings (SSSR count). The second-order valence-electron chi connectivity index (χ2n) is 5.77. The van der Waals surface area contributed by atoms with Crippen molar-refractivity contribution in [2.24, 2.45) is 5.92 Å². The van der Waals surface area contributed by atoms with Gasteiger partial charge < -0.3 is 4.90 Å². The number of aryl methyl sites for hydroxylation is 2. The van der Waals surface area contributed by atoms with Crippen LogP contribution in [0.5, 0.6) is 0 Å². The number of nitrogens with one attached hydrogen (secondary N) is 2. The molecule has 2 amide bonds. The molecular weight excluding hydrogens is 270 g/mol. The van der Waals surface area contributed by atoms with Gasteiger partial charge in [0.1, 0.15) is 0 Å². The van der Waals surface area contributed by atoms with E-state index in [2.05, 4.69) is 20.8 Å². The summed E-state index contributed by atoms with van der Waals surface area (Å²) in [5.74, 6) is -0.0321. The molecule has 1 aromatic heterocycles. The van der Waals surface area contributed by atoms with E-state index in [9.17, 15) is 9.59 Å². The minimum atomic E-state index is -0.295. The molecule has 21 heavy (non-hydrogen) atoms. The van der Waals surface area contributed by atoms with Gasteiger partial charge >= 0.3 is 0 Å². The van der Waals surface area contributed by atoms with Crippen molar-refractivity contribution in [2.45, 2.75) is 39.2 Å². The average molecular weight is 289 g/mol. The molecule has 1 aliphatic carbocycles. The Morgan fingerprint density at radius 1 is 1.29 bits per heavy atom. The number of rotatable bonds is 4. The van der Waals surface area contributed by atoms with Crippen molar-refractivity contribution in [3.63, 3.8) is 0 Å². The normalized spacial score (nSPS) is 21.5. The van der Waals surface area contributed by atoms with E-state index < -0.39 is 0 Å². The Labute approximate surface area is 123 Å². The number of hydrogen-bond acceptors (Lipinski definition) is 5. The summed E-state index contributed by atoms with van der Waals surface area (Å²) >= 11 is 0. The molecule has 2 fully saturated rings. The van der Waals surface area contributed by atoms with Crippen LogP contribution in [0.1, 0.15) is 30.7 Å². The smallest absolute Gasteiger partial charge is 0.243 e. The fraction of sp³-hybridized carbons (Fsp3) is 0.571. The second kappa shape index (κ2) is 5.31. The maximum Gasteiger partial charge on any atom is 0.243 e. The minimum Gasteiger partial charge on any atom is -0.339 e. The Bertz CT molecular complexity index is 564. The Morgan fingerprint density at radius 2 is 1.95 bits per heavy atom. The fourth-order valence-electron chi connectivity index (χ4n) is 2.65. The summed E-state index contributed by atoms with van der Waals surface area (Å²) in [5, 5.41) is 0. The highest BCUT2D eigenvalue weighted by Gasteiger charge is 2.41. The van der Waals surface area contributed by atoms with E-state index in [1.807, 2.05) is 24.8 Å². The number of anilines is 1. The molecule has 0 radical (unpaired) electrons. The first-order valence-corrected chi connectivity index (χ1v) is 7.20. The van der Waals surface area contributed by atoms with Gasteiger partial charge in [0, 0.05) is 30.4 Å². The first-order valence-electron chi connectivity index (χ1n) is 7.20. The Hall–Kier alpha value is -2.18. The molecule has 0 bridgehead atoms. The molecule has 0 aromatic carbocycles. The molecule has 1 aromatic rings. The predicted molar refractivity (Wildman–Crippen MR) is 76.1 cm³/mol. The van der Waals surface area contributed by atoms with Crippen LogP contribution in [-0.4, -0.2) is 39.3 Å². The molecule has 1 unspecified atom stereocenters. The summed E-state index contributed by atoms with van der Waals surface area (Å²) in [7, 11) is 0. The van der Waals surface area contributed by atoms with Crippen LogP contribution in [0.15, 0.2) is 6.07 Å². The lowest BCUT2D eigenvalue weighted by molar-refractivity contribution is -0.129. The van der Waals surface area contributed by atoms with Gasteiger partial charge in [0.15, 0.2) is 0 Å². The minimum absolute atomic E-state index is 0.0836. The molecule has 2 N–H and O–H groups in total. The molecule has 2 heterocycles. The van der Waals surface area contributed by atoms with Crippen LogP contribution in [0.4, 0.5) is 5.95 Å². The maximum atomic E-state index is 12.1. The number of amides is 2. The van der Waals surface area contributed by atoms with E-state index in [1.54, 1.807) is 0 Å². The number of carbonyl (C=O) groups excluding carboxylic acids is 2. The van der Waals surface area contributed by atoms with Crippen LogP contribution in [0.25, 0.3) is 0 Å².